The first-order chi connectivity index (χ1) is 9.85. The Bertz CT molecular complexity index is 705. The van der Waals surface area contributed by atoms with Crippen LogP contribution in [-0.2, 0) is 16.0 Å². The second-order valence-electron chi connectivity index (χ2n) is 4.83. The summed E-state index contributed by atoms with van der Waals surface area (Å²) in [4.78, 5) is 28.7. The van der Waals surface area contributed by atoms with Crippen LogP contribution in [0.4, 0.5) is 0 Å². The van der Waals surface area contributed by atoms with Crippen molar-refractivity contribution in [3.63, 3.8) is 0 Å². The van der Waals surface area contributed by atoms with Gasteiger partial charge in [0.15, 0.2) is 0 Å². The van der Waals surface area contributed by atoms with E-state index in [1.54, 1.807) is 18.2 Å². The van der Waals surface area contributed by atoms with Gasteiger partial charge in [0, 0.05) is 0 Å². The zero-order chi connectivity index (χ0) is 13.9. The van der Waals surface area contributed by atoms with Crippen LogP contribution in [-0.4, -0.2) is 24.2 Å². The van der Waals surface area contributed by atoms with Gasteiger partial charge < -0.3 is 0 Å². The Morgan fingerprint density at radius 3 is 2.65 bits per heavy atom. The van der Waals surface area contributed by atoms with Crippen LogP contribution < -0.4 is 0 Å². The van der Waals surface area contributed by atoms with Crippen LogP contribution in [0.3, 0.4) is 0 Å². The van der Waals surface area contributed by atoms with Crippen LogP contribution in [0.1, 0.15) is 17.5 Å². The van der Waals surface area contributed by atoms with E-state index in [1.165, 1.54) is 11.1 Å². The minimum absolute atomic E-state index is 0.428. The van der Waals surface area contributed by atoms with Crippen LogP contribution in [0, 0.1) is 0 Å². The lowest BCUT2D eigenvalue weighted by Gasteiger charge is -2.30. The first-order valence-electron chi connectivity index (χ1n) is 6.48. The summed E-state index contributed by atoms with van der Waals surface area (Å²) < 4.78 is 0. The summed E-state index contributed by atoms with van der Waals surface area (Å²) in [5.41, 5.74) is 4.61. The normalized spacial score (nSPS) is 23.2. The van der Waals surface area contributed by atoms with Gasteiger partial charge >= 0.3 is 0 Å². The van der Waals surface area contributed by atoms with Crippen molar-refractivity contribution >= 4 is 17.7 Å². The van der Waals surface area contributed by atoms with Gasteiger partial charge in [-0.2, -0.15) is 9.98 Å². The van der Waals surface area contributed by atoms with E-state index < -0.39 is 12.1 Å². The molecule has 0 saturated heterocycles. The van der Waals surface area contributed by atoms with Gasteiger partial charge in [0.05, 0.1) is 0 Å². The summed E-state index contributed by atoms with van der Waals surface area (Å²) in [5.74, 6) is 0. The minimum atomic E-state index is -0.446. The number of hydrogen-bond acceptors (Lipinski definition) is 4. The van der Waals surface area contributed by atoms with E-state index in [4.69, 9.17) is 0 Å². The van der Waals surface area contributed by atoms with Crippen molar-refractivity contribution in [2.75, 3.05) is 0 Å². The van der Waals surface area contributed by atoms with Gasteiger partial charge in [0.25, 0.3) is 0 Å². The van der Waals surface area contributed by atoms with E-state index in [9.17, 15) is 9.59 Å². The third-order valence-electron chi connectivity index (χ3n) is 3.85. The van der Waals surface area contributed by atoms with E-state index in [-0.39, 0.29) is 0 Å². The lowest BCUT2D eigenvalue weighted by molar-refractivity contribution is 0.545. The van der Waals surface area contributed by atoms with E-state index in [1.807, 2.05) is 18.2 Å². The van der Waals surface area contributed by atoms with Crippen LogP contribution >= 0.6 is 0 Å². The average Bonchev–Trinajstić information content (AvgIpc) is 2.49. The predicted octanol–water partition coefficient (Wildman–Crippen LogP) is 2.37. The van der Waals surface area contributed by atoms with Crippen molar-refractivity contribution < 1.29 is 9.59 Å². The van der Waals surface area contributed by atoms with Gasteiger partial charge in [0.1, 0.15) is 12.1 Å². The van der Waals surface area contributed by atoms with E-state index >= 15 is 0 Å². The molecule has 0 radical (unpaired) electrons. The molecular formula is C16H12N2O2. The standard InChI is InChI=1S/C16H12N2O2/c19-9-17-15-8-7-13-12-4-2-1-3-11(12)5-6-14(13)16(15)18-10-20/h1-4,7-8,15-16H,5-6H2. The number of nitrogens with zero attached hydrogens (tertiary/aromatic N) is 2. The fourth-order valence-electron chi connectivity index (χ4n) is 2.97. The van der Waals surface area contributed by atoms with E-state index in [0.717, 1.165) is 24.0 Å². The van der Waals surface area contributed by atoms with Crippen LogP contribution in [0.25, 0.3) is 5.57 Å². The fourth-order valence-corrected chi connectivity index (χ4v) is 2.97. The second kappa shape index (κ2) is 5.22. The summed E-state index contributed by atoms with van der Waals surface area (Å²) >= 11 is 0. The van der Waals surface area contributed by atoms with Crippen molar-refractivity contribution in [3.05, 3.63) is 53.1 Å². The zero-order valence-electron chi connectivity index (χ0n) is 10.7. The zero-order valence-corrected chi connectivity index (χ0v) is 10.7. The number of carbonyl (C=O) groups excluding carboxylic acids is 2. The molecule has 0 bridgehead atoms. The molecule has 4 heteroatoms. The minimum Gasteiger partial charge on any atom is -0.211 e. The molecule has 0 heterocycles. The number of fused-ring (bicyclic) bond motifs is 2. The van der Waals surface area contributed by atoms with Gasteiger partial charge in [0.2, 0.25) is 12.2 Å². The molecule has 2 aliphatic carbocycles. The van der Waals surface area contributed by atoms with Crippen molar-refractivity contribution in [1.29, 1.82) is 0 Å². The van der Waals surface area contributed by atoms with Gasteiger partial charge in [-0.3, -0.25) is 0 Å². The van der Waals surface area contributed by atoms with Crippen molar-refractivity contribution in [1.82, 2.24) is 0 Å². The molecule has 3 rings (SSSR count). The molecule has 98 valence electrons. The molecule has 2 unspecified atom stereocenters. The Labute approximate surface area is 116 Å². The monoisotopic (exact) mass is 264 g/mol. The third kappa shape index (κ3) is 1.97. The maximum absolute atomic E-state index is 10.7. The van der Waals surface area contributed by atoms with Gasteiger partial charge in [-0.25, -0.2) is 9.59 Å². The van der Waals surface area contributed by atoms with Crippen molar-refractivity contribution in [2.24, 2.45) is 9.98 Å². The quantitative estimate of drug-likeness (QED) is 0.608. The molecule has 0 saturated carbocycles. The summed E-state index contributed by atoms with van der Waals surface area (Å²) in [6.07, 6.45) is 8.65. The first kappa shape index (κ1) is 12.5. The van der Waals surface area contributed by atoms with Crippen LogP contribution in [0.5, 0.6) is 0 Å². The summed E-state index contributed by atoms with van der Waals surface area (Å²) in [7, 11) is 0. The molecule has 2 aliphatic rings. The molecule has 0 amide bonds. The number of rotatable bonds is 2. The second-order valence-corrected chi connectivity index (χ2v) is 4.83. The average molecular weight is 264 g/mol. The first-order valence-corrected chi connectivity index (χ1v) is 6.48. The lowest BCUT2D eigenvalue weighted by atomic mass is 9.78. The Morgan fingerprint density at radius 1 is 1.05 bits per heavy atom. The van der Waals surface area contributed by atoms with Gasteiger partial charge in [-0.05, 0) is 35.1 Å². The topological polar surface area (TPSA) is 58.9 Å². The maximum atomic E-state index is 10.7. The smallest absolute Gasteiger partial charge is 0.211 e. The Hall–Kier alpha value is -2.54. The molecule has 1 aromatic rings. The lowest BCUT2D eigenvalue weighted by Crippen LogP contribution is -2.28. The number of allylic oxidation sites excluding steroid dienone is 2. The number of isocyanates is 2. The molecule has 1 aromatic carbocycles. The number of aryl methyl sites for hydroxylation is 1. The van der Waals surface area contributed by atoms with E-state index in [0.29, 0.717) is 0 Å². The summed E-state index contributed by atoms with van der Waals surface area (Å²) in [6, 6.07) is 7.33. The number of aliphatic imine (C=N–C) groups is 2. The maximum Gasteiger partial charge on any atom is 0.235 e. The molecule has 2 atom stereocenters. The molecular weight excluding hydrogens is 252 g/mol. The van der Waals surface area contributed by atoms with E-state index in [2.05, 4.69) is 22.1 Å². The summed E-state index contributed by atoms with van der Waals surface area (Å²) in [5, 5.41) is 0. The van der Waals surface area contributed by atoms with Crippen molar-refractivity contribution in [3.8, 4) is 0 Å². The highest BCUT2D eigenvalue weighted by Gasteiger charge is 2.31. The fraction of sp³-hybridized carbons (Fsp3) is 0.250. The van der Waals surface area contributed by atoms with Gasteiger partial charge in [-0.1, -0.05) is 36.4 Å². The largest absolute Gasteiger partial charge is 0.235 e. The highest BCUT2D eigenvalue weighted by molar-refractivity contribution is 5.82. The molecule has 0 aliphatic heterocycles. The highest BCUT2D eigenvalue weighted by Crippen LogP contribution is 2.38. The van der Waals surface area contributed by atoms with Gasteiger partial charge in [-0.15, -0.1) is 0 Å². The molecule has 4 nitrogen and oxygen atoms in total. The SMILES string of the molecule is O=C=NC1C=CC2=C(CCc3ccccc32)C1N=C=O. The van der Waals surface area contributed by atoms with Crippen LogP contribution in [0.2, 0.25) is 0 Å². The molecule has 0 N–H and O–H groups in total. The Balaban J connectivity index is 2.13. The number of benzene rings is 1. The Morgan fingerprint density at radius 2 is 1.85 bits per heavy atom. The summed E-state index contributed by atoms with van der Waals surface area (Å²) in [6.45, 7) is 0. The highest BCUT2D eigenvalue weighted by atomic mass is 16.1. The van der Waals surface area contributed by atoms with Crippen LogP contribution in [0.15, 0.2) is 52.0 Å². The molecule has 0 spiro atoms. The Kier molecular flexibility index (Phi) is 3.26. The predicted molar refractivity (Wildman–Crippen MR) is 74.6 cm³/mol. The van der Waals surface area contributed by atoms with Crippen molar-refractivity contribution in [2.45, 2.75) is 24.9 Å². The number of hydrogen-bond donors (Lipinski definition) is 0. The molecule has 0 aromatic heterocycles. The third-order valence-corrected chi connectivity index (χ3v) is 3.85. The molecule has 0 fully saturated rings. The molecule has 20 heavy (non-hydrogen) atoms.